The Labute approximate surface area is 242 Å². The number of nitrogens with zero attached hydrogens (tertiary/aromatic N) is 4. The van der Waals surface area contributed by atoms with Crippen LogP contribution < -0.4 is 0 Å². The lowest BCUT2D eigenvalue weighted by atomic mass is 9.70. The van der Waals surface area contributed by atoms with E-state index in [0.29, 0.717) is 35.7 Å². The van der Waals surface area contributed by atoms with Gasteiger partial charge in [-0.1, -0.05) is 47.5 Å². The topological polar surface area (TPSA) is 64.2 Å². The molecule has 1 atom stereocenters. The Morgan fingerprint density at radius 2 is 1.69 bits per heavy atom. The van der Waals surface area contributed by atoms with E-state index in [-0.39, 0.29) is 11.3 Å². The fraction of sp³-hybridized carbons (Fsp3) is 0.552. The number of amides is 1. The highest BCUT2D eigenvalue weighted by Gasteiger charge is 2.40. The number of carbonyl (C=O) groups is 1. The maximum absolute atomic E-state index is 13.4. The molecule has 5 rings (SSSR count). The highest BCUT2D eigenvalue weighted by atomic mass is 35.5. The minimum atomic E-state index is -3.10. The van der Waals surface area contributed by atoms with E-state index in [1.165, 1.54) is 6.26 Å². The van der Waals surface area contributed by atoms with E-state index in [1.807, 2.05) is 47.4 Å². The Balaban J connectivity index is 1.20. The van der Waals surface area contributed by atoms with Gasteiger partial charge >= 0.3 is 0 Å². The van der Waals surface area contributed by atoms with Crippen molar-refractivity contribution in [3.8, 4) is 0 Å². The third-order valence-electron chi connectivity index (χ3n) is 8.74. The predicted octanol–water partition coefficient (Wildman–Crippen LogP) is 4.21. The van der Waals surface area contributed by atoms with Crippen molar-refractivity contribution < 1.29 is 13.2 Å². The molecule has 0 aromatic heterocycles. The van der Waals surface area contributed by atoms with Crippen LogP contribution in [-0.4, -0.2) is 105 Å². The van der Waals surface area contributed by atoms with Crippen LogP contribution in [-0.2, 0) is 15.4 Å². The van der Waals surface area contributed by atoms with Crippen molar-refractivity contribution in [2.45, 2.75) is 37.1 Å². The molecule has 1 unspecified atom stereocenters. The summed E-state index contributed by atoms with van der Waals surface area (Å²) in [5, 5.41) is 1.11. The lowest BCUT2D eigenvalue weighted by Gasteiger charge is -2.48. The Kier molecular flexibility index (Phi) is 8.91. The van der Waals surface area contributed by atoms with Gasteiger partial charge in [0.25, 0.3) is 5.91 Å². The van der Waals surface area contributed by atoms with Crippen LogP contribution in [0.1, 0.15) is 41.6 Å². The van der Waals surface area contributed by atoms with Gasteiger partial charge in [0.1, 0.15) is 0 Å². The van der Waals surface area contributed by atoms with Crippen LogP contribution in [0.4, 0.5) is 0 Å². The first-order valence-electron chi connectivity index (χ1n) is 13.9. The molecule has 7 nitrogen and oxygen atoms in total. The monoisotopic (exact) mass is 592 g/mol. The molecule has 3 saturated heterocycles. The summed E-state index contributed by atoms with van der Waals surface area (Å²) >= 11 is 12.7. The first kappa shape index (κ1) is 28.8. The third kappa shape index (κ3) is 6.63. The number of benzene rings is 2. The van der Waals surface area contributed by atoms with Crippen LogP contribution in [0.5, 0.6) is 0 Å². The van der Waals surface area contributed by atoms with Crippen molar-refractivity contribution in [3.63, 3.8) is 0 Å². The lowest BCUT2D eigenvalue weighted by Crippen LogP contribution is -2.63. The van der Waals surface area contributed by atoms with E-state index in [9.17, 15) is 13.2 Å². The summed E-state index contributed by atoms with van der Waals surface area (Å²) in [4.78, 5) is 20.3. The summed E-state index contributed by atoms with van der Waals surface area (Å²) in [6, 6.07) is 16.0. The van der Waals surface area contributed by atoms with Crippen LogP contribution in [0.25, 0.3) is 0 Å². The van der Waals surface area contributed by atoms with Crippen LogP contribution in [0, 0.1) is 0 Å². The fourth-order valence-electron chi connectivity index (χ4n) is 6.48. The summed E-state index contributed by atoms with van der Waals surface area (Å²) < 4.78 is 25.2. The molecule has 0 bridgehead atoms. The zero-order valence-corrected chi connectivity index (χ0v) is 24.9. The molecule has 0 radical (unpaired) electrons. The zero-order valence-electron chi connectivity index (χ0n) is 22.6. The molecule has 0 aliphatic carbocycles. The molecule has 2 aromatic rings. The second-order valence-electron chi connectivity index (χ2n) is 11.3. The standard InChI is InChI=1S/C29H38Cl2N4O3S/c1-39(37,38)35-17-15-33(16-18-35)25-20-32(21-25)13-5-11-29(24-9-10-26(30)27(31)19-24)12-6-14-34(22-29)28(36)23-7-3-2-4-8-23/h2-4,7-10,19,25H,5-6,11-18,20-22H2,1H3. The Hall–Kier alpha value is -1.68. The molecular formula is C29H38Cl2N4O3S. The summed E-state index contributed by atoms with van der Waals surface area (Å²) in [5.74, 6) is 0.0845. The molecule has 0 saturated carbocycles. The van der Waals surface area contributed by atoms with Crippen molar-refractivity contribution in [2.75, 3.05) is 65.2 Å². The lowest BCUT2D eigenvalue weighted by molar-refractivity contribution is 0.0147. The number of rotatable bonds is 8. The van der Waals surface area contributed by atoms with Crippen LogP contribution in [0.2, 0.25) is 10.0 Å². The van der Waals surface area contributed by atoms with E-state index in [2.05, 4.69) is 15.9 Å². The quantitative estimate of drug-likeness (QED) is 0.459. The van der Waals surface area contributed by atoms with Crippen molar-refractivity contribution in [2.24, 2.45) is 0 Å². The molecule has 39 heavy (non-hydrogen) atoms. The Bertz CT molecular complexity index is 1260. The number of carbonyl (C=O) groups excluding carboxylic acids is 1. The van der Waals surface area contributed by atoms with Crippen LogP contribution in [0.15, 0.2) is 48.5 Å². The van der Waals surface area contributed by atoms with Crippen molar-refractivity contribution in [1.82, 2.24) is 19.0 Å². The molecule has 3 aliphatic rings. The molecule has 0 N–H and O–H groups in total. The summed E-state index contributed by atoms with van der Waals surface area (Å²) in [5.41, 5.74) is 1.72. The maximum Gasteiger partial charge on any atom is 0.253 e. The number of sulfonamides is 1. The predicted molar refractivity (Wildman–Crippen MR) is 157 cm³/mol. The largest absolute Gasteiger partial charge is 0.338 e. The van der Waals surface area contributed by atoms with Gasteiger partial charge < -0.3 is 9.80 Å². The molecule has 2 aromatic carbocycles. The van der Waals surface area contributed by atoms with Gasteiger partial charge in [-0.05, 0) is 62.1 Å². The number of halogens is 2. The average Bonchev–Trinajstić information content (AvgIpc) is 2.91. The maximum atomic E-state index is 13.4. The first-order chi connectivity index (χ1) is 18.6. The SMILES string of the molecule is CS(=O)(=O)N1CCN(C2CN(CCCC3(c4ccc(Cl)c(Cl)c4)CCCN(C(=O)c4ccccc4)C3)C2)CC1. The van der Waals surface area contributed by atoms with E-state index in [4.69, 9.17) is 23.2 Å². The molecule has 212 valence electrons. The number of likely N-dealkylation sites (tertiary alicyclic amines) is 2. The molecule has 0 spiro atoms. The van der Waals surface area contributed by atoms with Gasteiger partial charge in [0, 0.05) is 69.4 Å². The normalized spacial score (nSPS) is 24.0. The highest BCUT2D eigenvalue weighted by molar-refractivity contribution is 7.88. The second kappa shape index (κ2) is 12.0. The van der Waals surface area contributed by atoms with Crippen LogP contribution >= 0.6 is 23.2 Å². The summed E-state index contributed by atoms with van der Waals surface area (Å²) in [6.45, 7) is 7.27. The van der Waals surface area contributed by atoms with E-state index in [1.54, 1.807) is 4.31 Å². The van der Waals surface area contributed by atoms with Gasteiger partial charge in [-0.2, -0.15) is 4.31 Å². The Morgan fingerprint density at radius 3 is 2.36 bits per heavy atom. The van der Waals surface area contributed by atoms with Gasteiger partial charge in [0.15, 0.2) is 0 Å². The number of hydrogen-bond acceptors (Lipinski definition) is 5. The van der Waals surface area contributed by atoms with Gasteiger partial charge in [0.05, 0.1) is 16.3 Å². The van der Waals surface area contributed by atoms with Crippen molar-refractivity contribution >= 4 is 39.1 Å². The first-order valence-corrected chi connectivity index (χ1v) is 16.5. The molecule has 1 amide bonds. The minimum Gasteiger partial charge on any atom is -0.338 e. The average molecular weight is 594 g/mol. The molecule has 3 heterocycles. The van der Waals surface area contributed by atoms with E-state index in [0.717, 1.165) is 76.1 Å². The van der Waals surface area contributed by atoms with Gasteiger partial charge in [-0.15, -0.1) is 0 Å². The van der Waals surface area contributed by atoms with Crippen LogP contribution in [0.3, 0.4) is 0 Å². The fourth-order valence-corrected chi connectivity index (χ4v) is 7.60. The van der Waals surface area contributed by atoms with Gasteiger partial charge in [0.2, 0.25) is 10.0 Å². The number of piperidine rings is 1. The Morgan fingerprint density at radius 1 is 0.974 bits per heavy atom. The van der Waals surface area contributed by atoms with Crippen molar-refractivity contribution in [3.05, 3.63) is 69.7 Å². The molecule has 10 heteroatoms. The van der Waals surface area contributed by atoms with E-state index >= 15 is 0 Å². The van der Waals surface area contributed by atoms with Crippen molar-refractivity contribution in [1.29, 1.82) is 0 Å². The van der Waals surface area contributed by atoms with Gasteiger partial charge in [-0.25, -0.2) is 8.42 Å². The number of piperazine rings is 1. The second-order valence-corrected chi connectivity index (χ2v) is 14.1. The number of hydrogen-bond donors (Lipinski definition) is 0. The third-order valence-corrected chi connectivity index (χ3v) is 10.8. The smallest absolute Gasteiger partial charge is 0.253 e. The minimum absolute atomic E-state index is 0.0845. The molecule has 3 fully saturated rings. The summed E-state index contributed by atoms with van der Waals surface area (Å²) in [7, 11) is -3.10. The van der Waals surface area contributed by atoms with E-state index < -0.39 is 10.0 Å². The van der Waals surface area contributed by atoms with Gasteiger partial charge in [-0.3, -0.25) is 9.69 Å². The zero-order chi connectivity index (χ0) is 27.6. The molecule has 3 aliphatic heterocycles. The molecular weight excluding hydrogens is 555 g/mol. The highest BCUT2D eigenvalue weighted by Crippen LogP contribution is 2.41. The summed E-state index contributed by atoms with van der Waals surface area (Å²) in [6.07, 6.45) is 5.25.